The van der Waals surface area contributed by atoms with Crippen LogP contribution in [0.1, 0.15) is 34.1 Å². The Hall–Kier alpha value is -1.96. The van der Waals surface area contributed by atoms with E-state index in [1.54, 1.807) is 5.38 Å². The first-order chi connectivity index (χ1) is 10.8. The number of nitrogens with one attached hydrogen (secondary N) is 1. The van der Waals surface area contributed by atoms with Crippen molar-refractivity contribution in [2.45, 2.75) is 53.2 Å². The summed E-state index contributed by atoms with van der Waals surface area (Å²) in [5.74, 6) is -0.109. The van der Waals surface area contributed by atoms with Crippen LogP contribution in [0.4, 0.5) is 0 Å². The van der Waals surface area contributed by atoms with Gasteiger partial charge in [0.05, 0.1) is 5.52 Å². The van der Waals surface area contributed by atoms with Crippen LogP contribution in [-0.2, 0) is 17.9 Å². The van der Waals surface area contributed by atoms with Crippen molar-refractivity contribution in [3.8, 4) is 0 Å². The summed E-state index contributed by atoms with van der Waals surface area (Å²) < 4.78 is 6.59. The number of carbonyl (C=O) groups is 1. The second-order valence-electron chi connectivity index (χ2n) is 6.10. The van der Waals surface area contributed by atoms with Gasteiger partial charge in [-0.2, -0.15) is 4.37 Å². The molecule has 1 atom stereocenters. The standard InChI is InChI=1S/C15H22N4O3S/c1-5-10(4)16-12(20)7-18-11-8-23-17-13(11)14(21)19(15(18)22)6-9(2)3/h8-10H,5-7H2,1-4H3,(H,16,20)/t10-/m1/s1. The first-order valence-electron chi connectivity index (χ1n) is 7.72. The van der Waals surface area contributed by atoms with E-state index in [0.717, 1.165) is 18.0 Å². The Morgan fingerprint density at radius 3 is 2.61 bits per heavy atom. The lowest BCUT2D eigenvalue weighted by Gasteiger charge is -2.15. The van der Waals surface area contributed by atoms with Gasteiger partial charge in [0, 0.05) is 18.0 Å². The van der Waals surface area contributed by atoms with Crippen molar-refractivity contribution in [2.24, 2.45) is 5.92 Å². The molecule has 2 aromatic rings. The molecule has 1 N–H and O–H groups in total. The first kappa shape index (κ1) is 17.4. The maximum atomic E-state index is 12.7. The quantitative estimate of drug-likeness (QED) is 0.857. The molecule has 0 aliphatic heterocycles. The Balaban J connectivity index is 2.50. The largest absolute Gasteiger partial charge is 0.352 e. The molecule has 0 aliphatic rings. The van der Waals surface area contributed by atoms with Crippen LogP contribution in [0.2, 0.25) is 0 Å². The molecule has 8 heteroatoms. The number of carbonyl (C=O) groups excluding carboxylic acids is 1. The molecule has 0 fully saturated rings. The predicted octanol–water partition coefficient (Wildman–Crippen LogP) is 1.19. The Morgan fingerprint density at radius 1 is 1.30 bits per heavy atom. The van der Waals surface area contributed by atoms with Crippen LogP contribution >= 0.6 is 11.5 Å². The molecular formula is C15H22N4O3S. The summed E-state index contributed by atoms with van der Waals surface area (Å²) in [6.07, 6.45) is 0.808. The van der Waals surface area contributed by atoms with Crippen molar-refractivity contribution in [1.82, 2.24) is 18.8 Å². The van der Waals surface area contributed by atoms with E-state index < -0.39 is 11.2 Å². The maximum absolute atomic E-state index is 12.7. The molecule has 7 nitrogen and oxygen atoms in total. The molecule has 0 saturated heterocycles. The predicted molar refractivity (Wildman–Crippen MR) is 90.9 cm³/mol. The van der Waals surface area contributed by atoms with Crippen molar-refractivity contribution in [3.05, 3.63) is 26.2 Å². The van der Waals surface area contributed by atoms with E-state index in [4.69, 9.17) is 0 Å². The highest BCUT2D eigenvalue weighted by Gasteiger charge is 2.18. The van der Waals surface area contributed by atoms with Crippen LogP contribution in [0.15, 0.2) is 15.0 Å². The number of hydrogen-bond acceptors (Lipinski definition) is 5. The first-order valence-corrected chi connectivity index (χ1v) is 8.55. The SMILES string of the molecule is CC[C@@H](C)NC(=O)Cn1c(=O)n(CC(C)C)c(=O)c2nscc21. The molecule has 0 spiro atoms. The molecule has 126 valence electrons. The van der Waals surface area contributed by atoms with Gasteiger partial charge in [-0.3, -0.25) is 18.7 Å². The fourth-order valence-electron chi connectivity index (χ4n) is 2.28. The molecule has 0 saturated carbocycles. The second-order valence-corrected chi connectivity index (χ2v) is 6.73. The Morgan fingerprint density at radius 2 is 2.00 bits per heavy atom. The van der Waals surface area contributed by atoms with Gasteiger partial charge in [-0.15, -0.1) is 0 Å². The number of fused-ring (bicyclic) bond motifs is 1. The summed E-state index contributed by atoms with van der Waals surface area (Å²) >= 11 is 1.11. The highest BCUT2D eigenvalue weighted by atomic mass is 32.1. The molecule has 0 aromatic carbocycles. The molecule has 23 heavy (non-hydrogen) atoms. The van der Waals surface area contributed by atoms with Crippen molar-refractivity contribution < 1.29 is 4.79 Å². The van der Waals surface area contributed by atoms with E-state index in [1.807, 2.05) is 27.7 Å². The average Bonchev–Trinajstić information content (AvgIpc) is 2.97. The Labute approximate surface area is 138 Å². The van der Waals surface area contributed by atoms with Crippen LogP contribution in [0.25, 0.3) is 11.0 Å². The van der Waals surface area contributed by atoms with E-state index >= 15 is 0 Å². The van der Waals surface area contributed by atoms with Crippen LogP contribution in [0.3, 0.4) is 0 Å². The highest BCUT2D eigenvalue weighted by molar-refractivity contribution is 7.04. The van der Waals surface area contributed by atoms with Gasteiger partial charge < -0.3 is 5.32 Å². The smallest absolute Gasteiger partial charge is 0.332 e. The molecule has 0 bridgehead atoms. The van der Waals surface area contributed by atoms with Crippen molar-refractivity contribution >= 4 is 28.5 Å². The third-order valence-electron chi connectivity index (χ3n) is 3.62. The molecule has 2 rings (SSSR count). The van der Waals surface area contributed by atoms with E-state index in [2.05, 4.69) is 9.69 Å². The number of nitrogens with zero attached hydrogens (tertiary/aromatic N) is 3. The maximum Gasteiger partial charge on any atom is 0.332 e. The average molecular weight is 338 g/mol. The van der Waals surface area contributed by atoms with Gasteiger partial charge in [0.15, 0.2) is 5.52 Å². The number of amides is 1. The summed E-state index contributed by atoms with van der Waals surface area (Å²) in [5.41, 5.74) is -0.190. The minimum atomic E-state index is -0.462. The molecule has 2 heterocycles. The minimum Gasteiger partial charge on any atom is -0.352 e. The van der Waals surface area contributed by atoms with Crippen LogP contribution in [0.5, 0.6) is 0 Å². The summed E-state index contributed by atoms with van der Waals surface area (Å²) in [6, 6.07) is 0.0378. The molecule has 2 aromatic heterocycles. The summed E-state index contributed by atoms with van der Waals surface area (Å²) in [5, 5.41) is 4.47. The van der Waals surface area contributed by atoms with Crippen molar-refractivity contribution in [3.63, 3.8) is 0 Å². The lowest BCUT2D eigenvalue weighted by atomic mass is 10.2. The van der Waals surface area contributed by atoms with Crippen molar-refractivity contribution in [1.29, 1.82) is 0 Å². The summed E-state index contributed by atoms with van der Waals surface area (Å²) in [6.45, 7) is 7.92. The third kappa shape index (κ3) is 3.69. The van der Waals surface area contributed by atoms with Crippen LogP contribution < -0.4 is 16.6 Å². The molecule has 0 unspecified atom stereocenters. The monoisotopic (exact) mass is 338 g/mol. The Kier molecular flexibility index (Phi) is 5.35. The summed E-state index contributed by atoms with van der Waals surface area (Å²) in [4.78, 5) is 37.2. The minimum absolute atomic E-state index is 0.0378. The summed E-state index contributed by atoms with van der Waals surface area (Å²) in [7, 11) is 0. The van der Waals surface area contributed by atoms with Gasteiger partial charge in [0.25, 0.3) is 5.56 Å². The lowest BCUT2D eigenvalue weighted by molar-refractivity contribution is -0.122. The van der Waals surface area contributed by atoms with Gasteiger partial charge in [-0.05, 0) is 30.8 Å². The zero-order valence-electron chi connectivity index (χ0n) is 13.8. The van der Waals surface area contributed by atoms with E-state index in [0.29, 0.717) is 12.1 Å². The normalized spacial score (nSPS) is 12.7. The van der Waals surface area contributed by atoms with E-state index in [1.165, 1.54) is 9.13 Å². The fourth-order valence-corrected chi connectivity index (χ4v) is 2.95. The number of hydrogen-bond donors (Lipinski definition) is 1. The fraction of sp³-hybridized carbons (Fsp3) is 0.600. The number of aromatic nitrogens is 3. The van der Waals surface area contributed by atoms with E-state index in [9.17, 15) is 14.4 Å². The van der Waals surface area contributed by atoms with Crippen LogP contribution in [0, 0.1) is 5.92 Å². The van der Waals surface area contributed by atoms with E-state index in [-0.39, 0.29) is 29.9 Å². The van der Waals surface area contributed by atoms with Gasteiger partial charge in [0.2, 0.25) is 5.91 Å². The molecule has 1 amide bonds. The number of rotatable bonds is 6. The lowest BCUT2D eigenvalue weighted by Crippen LogP contribution is -2.44. The highest BCUT2D eigenvalue weighted by Crippen LogP contribution is 2.10. The molecule has 0 aliphatic carbocycles. The van der Waals surface area contributed by atoms with Gasteiger partial charge in [-0.1, -0.05) is 20.8 Å². The van der Waals surface area contributed by atoms with Gasteiger partial charge in [0.1, 0.15) is 6.54 Å². The van der Waals surface area contributed by atoms with Gasteiger partial charge in [-0.25, -0.2) is 4.79 Å². The zero-order chi connectivity index (χ0) is 17.1. The van der Waals surface area contributed by atoms with Gasteiger partial charge >= 0.3 is 5.69 Å². The Bertz CT molecular complexity index is 818. The molecule has 0 radical (unpaired) electrons. The second kappa shape index (κ2) is 7.08. The zero-order valence-corrected chi connectivity index (χ0v) is 14.6. The molecular weight excluding hydrogens is 316 g/mol. The topological polar surface area (TPSA) is 86.0 Å². The van der Waals surface area contributed by atoms with Crippen LogP contribution in [-0.4, -0.2) is 25.5 Å². The third-order valence-corrected chi connectivity index (χ3v) is 4.24. The van der Waals surface area contributed by atoms with Crippen molar-refractivity contribution in [2.75, 3.05) is 0 Å².